The van der Waals surface area contributed by atoms with Gasteiger partial charge in [-0.25, -0.2) is 8.42 Å². The Balaban J connectivity index is 1.92. The Morgan fingerprint density at radius 3 is 2.48 bits per heavy atom. The molecule has 2 heterocycles. The van der Waals surface area contributed by atoms with Gasteiger partial charge in [0.15, 0.2) is 6.10 Å². The van der Waals surface area contributed by atoms with Crippen molar-refractivity contribution in [1.82, 2.24) is 4.31 Å². The predicted molar refractivity (Wildman–Crippen MR) is 86.9 cm³/mol. The molecule has 1 aromatic carbocycles. The number of nitrogens with one attached hydrogen (secondary N) is 1. The molecule has 6 nitrogen and oxygen atoms in total. The molecule has 1 aromatic rings. The molecule has 0 aliphatic carbocycles. The number of rotatable bonds is 2. The highest BCUT2D eigenvalue weighted by atomic mass is 32.2. The molecule has 0 spiro atoms. The molecule has 0 aromatic heterocycles. The average molecular weight is 338 g/mol. The molecular weight excluding hydrogens is 316 g/mol. The minimum atomic E-state index is -3.57. The van der Waals surface area contributed by atoms with Gasteiger partial charge in [-0.15, -0.1) is 0 Å². The van der Waals surface area contributed by atoms with Crippen molar-refractivity contribution in [2.24, 2.45) is 11.8 Å². The molecule has 2 aliphatic rings. The standard InChI is InChI=1S/C16H22N2O4S/c1-10-6-11(2)9-18(8-10)23(20,21)13-4-5-15-14(7-13)17-16(19)12(3)22-15/h4-5,7,10-12H,6,8-9H2,1-3H3,(H,17,19)/t10-,11-,12-/m1/s1. The molecule has 1 fully saturated rings. The fourth-order valence-electron chi connectivity index (χ4n) is 3.30. The van der Waals surface area contributed by atoms with Gasteiger partial charge in [0.05, 0.1) is 10.6 Å². The van der Waals surface area contributed by atoms with Crippen LogP contribution in [0, 0.1) is 11.8 Å². The van der Waals surface area contributed by atoms with Gasteiger partial charge in [0.25, 0.3) is 5.91 Å². The summed E-state index contributed by atoms with van der Waals surface area (Å²) in [6.07, 6.45) is 0.464. The number of hydrogen-bond donors (Lipinski definition) is 1. The van der Waals surface area contributed by atoms with Crippen LogP contribution in [-0.4, -0.2) is 37.8 Å². The van der Waals surface area contributed by atoms with Crippen LogP contribution in [0.3, 0.4) is 0 Å². The third-order valence-corrected chi connectivity index (χ3v) is 6.18. The van der Waals surface area contributed by atoms with Crippen molar-refractivity contribution in [3.63, 3.8) is 0 Å². The smallest absolute Gasteiger partial charge is 0.265 e. The number of hydrogen-bond acceptors (Lipinski definition) is 4. The highest BCUT2D eigenvalue weighted by molar-refractivity contribution is 7.89. The largest absolute Gasteiger partial charge is 0.479 e. The van der Waals surface area contributed by atoms with Crippen LogP contribution in [-0.2, 0) is 14.8 Å². The first-order valence-corrected chi connectivity index (χ1v) is 9.33. The van der Waals surface area contributed by atoms with Gasteiger partial charge in [0.2, 0.25) is 10.0 Å². The van der Waals surface area contributed by atoms with Gasteiger partial charge < -0.3 is 10.1 Å². The van der Waals surface area contributed by atoms with Gasteiger partial charge in [-0.1, -0.05) is 13.8 Å². The second kappa shape index (κ2) is 5.79. The molecule has 23 heavy (non-hydrogen) atoms. The van der Waals surface area contributed by atoms with Crippen molar-refractivity contribution >= 4 is 21.6 Å². The van der Waals surface area contributed by atoms with Crippen LogP contribution in [0.5, 0.6) is 5.75 Å². The van der Waals surface area contributed by atoms with E-state index in [1.54, 1.807) is 23.4 Å². The van der Waals surface area contributed by atoms with Gasteiger partial charge in [-0.2, -0.15) is 4.31 Å². The highest BCUT2D eigenvalue weighted by Gasteiger charge is 2.33. The fourth-order valence-corrected chi connectivity index (χ4v) is 5.01. The zero-order chi connectivity index (χ0) is 16.8. The predicted octanol–water partition coefficient (Wildman–Crippen LogP) is 2.07. The number of ether oxygens (including phenoxy) is 1. The van der Waals surface area contributed by atoms with Crippen molar-refractivity contribution in [2.75, 3.05) is 18.4 Å². The summed E-state index contributed by atoms with van der Waals surface area (Å²) in [4.78, 5) is 11.9. The lowest BCUT2D eigenvalue weighted by atomic mass is 9.94. The maximum Gasteiger partial charge on any atom is 0.265 e. The van der Waals surface area contributed by atoms with E-state index in [1.807, 2.05) is 0 Å². The van der Waals surface area contributed by atoms with Crippen LogP contribution in [0.15, 0.2) is 23.1 Å². The molecule has 7 heteroatoms. The van der Waals surface area contributed by atoms with Crippen molar-refractivity contribution < 1.29 is 17.9 Å². The lowest BCUT2D eigenvalue weighted by Crippen LogP contribution is -2.42. The Labute approximate surface area is 136 Å². The van der Waals surface area contributed by atoms with Gasteiger partial charge in [0.1, 0.15) is 5.75 Å². The van der Waals surface area contributed by atoms with Crippen LogP contribution in [0.2, 0.25) is 0 Å². The SMILES string of the molecule is C[C@@H]1C[C@@H](C)CN(S(=O)(=O)c2ccc3c(c2)NC(=O)[C@@H](C)O3)C1. The summed E-state index contributed by atoms with van der Waals surface area (Å²) in [5.41, 5.74) is 0.410. The number of fused-ring (bicyclic) bond motifs is 1. The maximum atomic E-state index is 12.9. The third kappa shape index (κ3) is 3.07. The number of benzene rings is 1. The molecule has 1 saturated heterocycles. The average Bonchev–Trinajstić information content (AvgIpc) is 2.47. The van der Waals surface area contributed by atoms with Crippen LogP contribution in [0.4, 0.5) is 5.69 Å². The number of piperidine rings is 1. The topological polar surface area (TPSA) is 75.7 Å². The number of carbonyl (C=O) groups is 1. The Morgan fingerprint density at radius 1 is 1.17 bits per heavy atom. The number of amides is 1. The van der Waals surface area contributed by atoms with Crippen LogP contribution in [0.25, 0.3) is 0 Å². The molecule has 1 N–H and O–H groups in total. The van der Waals surface area contributed by atoms with E-state index in [-0.39, 0.29) is 10.8 Å². The minimum Gasteiger partial charge on any atom is -0.479 e. The first-order chi connectivity index (χ1) is 10.8. The molecule has 0 unspecified atom stereocenters. The Bertz CT molecular complexity index is 722. The first-order valence-electron chi connectivity index (χ1n) is 7.89. The van der Waals surface area contributed by atoms with Crippen molar-refractivity contribution in [3.8, 4) is 5.75 Å². The monoisotopic (exact) mass is 338 g/mol. The summed E-state index contributed by atoms with van der Waals surface area (Å²) in [5.74, 6) is 0.911. The zero-order valence-corrected chi connectivity index (χ0v) is 14.4. The summed E-state index contributed by atoms with van der Waals surface area (Å²) in [5, 5.41) is 2.70. The number of sulfonamides is 1. The summed E-state index contributed by atoms with van der Waals surface area (Å²) in [6, 6.07) is 4.63. The van der Waals surface area contributed by atoms with E-state index < -0.39 is 16.1 Å². The van der Waals surface area contributed by atoms with Gasteiger partial charge in [-0.05, 0) is 43.4 Å². The van der Waals surface area contributed by atoms with E-state index in [2.05, 4.69) is 19.2 Å². The Morgan fingerprint density at radius 2 is 1.83 bits per heavy atom. The van der Waals surface area contributed by atoms with Crippen LogP contribution >= 0.6 is 0 Å². The fraction of sp³-hybridized carbons (Fsp3) is 0.562. The van der Waals surface area contributed by atoms with E-state index >= 15 is 0 Å². The summed E-state index contributed by atoms with van der Waals surface area (Å²) in [6.45, 7) is 6.85. The molecule has 3 rings (SSSR count). The van der Waals surface area contributed by atoms with E-state index in [0.717, 1.165) is 6.42 Å². The molecule has 1 amide bonds. The van der Waals surface area contributed by atoms with Crippen LogP contribution < -0.4 is 10.1 Å². The van der Waals surface area contributed by atoms with Crippen molar-refractivity contribution in [1.29, 1.82) is 0 Å². The second-order valence-electron chi connectivity index (χ2n) is 6.68. The molecule has 2 aliphatic heterocycles. The maximum absolute atomic E-state index is 12.9. The van der Waals surface area contributed by atoms with E-state index in [9.17, 15) is 13.2 Å². The lowest BCUT2D eigenvalue weighted by molar-refractivity contribution is -0.122. The number of carbonyl (C=O) groups excluding carboxylic acids is 1. The quantitative estimate of drug-likeness (QED) is 0.896. The Kier molecular flexibility index (Phi) is 4.10. The van der Waals surface area contributed by atoms with Crippen molar-refractivity contribution in [2.45, 2.75) is 38.2 Å². The summed E-state index contributed by atoms with van der Waals surface area (Å²) >= 11 is 0. The van der Waals surface area contributed by atoms with E-state index in [4.69, 9.17) is 4.74 Å². The van der Waals surface area contributed by atoms with Gasteiger partial charge >= 0.3 is 0 Å². The molecule has 0 saturated carbocycles. The number of nitrogens with zero attached hydrogens (tertiary/aromatic N) is 1. The lowest BCUT2D eigenvalue weighted by Gasteiger charge is -2.34. The zero-order valence-electron chi connectivity index (χ0n) is 13.6. The first kappa shape index (κ1) is 16.3. The van der Waals surface area contributed by atoms with E-state index in [0.29, 0.717) is 36.4 Å². The Hall–Kier alpha value is -1.60. The van der Waals surface area contributed by atoms with E-state index in [1.165, 1.54) is 6.07 Å². The van der Waals surface area contributed by atoms with Crippen LogP contribution in [0.1, 0.15) is 27.2 Å². The van der Waals surface area contributed by atoms with Crippen molar-refractivity contribution in [3.05, 3.63) is 18.2 Å². The van der Waals surface area contributed by atoms with Gasteiger partial charge in [0, 0.05) is 13.1 Å². The third-order valence-electron chi connectivity index (χ3n) is 4.36. The molecule has 126 valence electrons. The summed E-state index contributed by atoms with van der Waals surface area (Å²) in [7, 11) is -3.57. The highest BCUT2D eigenvalue weighted by Crippen LogP contribution is 2.34. The second-order valence-corrected chi connectivity index (χ2v) is 8.61. The molecule has 0 bridgehead atoms. The molecular formula is C16H22N2O4S. The van der Waals surface area contributed by atoms with Gasteiger partial charge in [-0.3, -0.25) is 4.79 Å². The molecule has 0 radical (unpaired) electrons. The summed E-state index contributed by atoms with van der Waals surface area (Å²) < 4.78 is 32.8. The normalized spacial score (nSPS) is 28.7. The minimum absolute atomic E-state index is 0.191. The number of anilines is 1. The molecule has 3 atom stereocenters.